The lowest BCUT2D eigenvalue weighted by molar-refractivity contribution is -0.0503. The van der Waals surface area contributed by atoms with Gasteiger partial charge in [0, 0.05) is 31.7 Å². The van der Waals surface area contributed by atoms with Crippen molar-refractivity contribution in [3.05, 3.63) is 71.3 Å². The molecule has 0 spiro atoms. The lowest BCUT2D eigenvalue weighted by atomic mass is 10.1. The third kappa shape index (κ3) is 3.34. The minimum Gasteiger partial charge on any atom is -0.373 e. The van der Waals surface area contributed by atoms with E-state index in [0.717, 1.165) is 13.1 Å². The van der Waals surface area contributed by atoms with Gasteiger partial charge in [-0.3, -0.25) is 9.69 Å². The van der Waals surface area contributed by atoms with Gasteiger partial charge in [0.1, 0.15) is 0 Å². The molecule has 132 valence electrons. The lowest BCUT2D eigenvalue weighted by Crippen LogP contribution is -2.50. The van der Waals surface area contributed by atoms with Gasteiger partial charge in [-0.05, 0) is 23.8 Å². The average molecular weight is 347 g/mol. The van der Waals surface area contributed by atoms with E-state index in [9.17, 15) is 4.79 Å². The van der Waals surface area contributed by atoms with Crippen LogP contribution in [-0.4, -0.2) is 54.1 Å². The van der Waals surface area contributed by atoms with Gasteiger partial charge in [0.05, 0.1) is 30.4 Å². The molecule has 2 aromatic rings. The zero-order chi connectivity index (χ0) is 17.9. The Morgan fingerprint density at radius 1 is 1.15 bits per heavy atom. The zero-order valence-corrected chi connectivity index (χ0v) is 14.5. The van der Waals surface area contributed by atoms with Gasteiger partial charge in [0.2, 0.25) is 0 Å². The number of fused-ring (bicyclic) bond motifs is 1. The van der Waals surface area contributed by atoms with Crippen LogP contribution in [0.2, 0.25) is 0 Å². The maximum Gasteiger partial charge on any atom is 0.254 e. The summed E-state index contributed by atoms with van der Waals surface area (Å²) in [6.45, 7) is 3.71. The number of benzene rings is 2. The molecule has 0 N–H and O–H groups in total. The Kier molecular flexibility index (Phi) is 4.70. The van der Waals surface area contributed by atoms with Gasteiger partial charge in [-0.1, -0.05) is 36.4 Å². The summed E-state index contributed by atoms with van der Waals surface area (Å²) in [5, 5.41) is 9.05. The van der Waals surface area contributed by atoms with Gasteiger partial charge in [0.15, 0.2) is 0 Å². The molecule has 0 unspecified atom stereocenters. The molecule has 0 radical (unpaired) electrons. The normalized spacial score (nSPS) is 22.7. The summed E-state index contributed by atoms with van der Waals surface area (Å²) < 4.78 is 5.94. The molecule has 5 heteroatoms. The molecule has 2 aliphatic heterocycles. The van der Waals surface area contributed by atoms with E-state index in [4.69, 9.17) is 10.00 Å². The first-order valence-electron chi connectivity index (χ1n) is 8.93. The number of likely N-dealkylation sites (tertiary alicyclic amines) is 1. The maximum absolute atomic E-state index is 12.9. The quantitative estimate of drug-likeness (QED) is 0.855. The van der Waals surface area contributed by atoms with E-state index in [2.05, 4.69) is 35.2 Å². The van der Waals surface area contributed by atoms with Crippen molar-refractivity contribution in [3.63, 3.8) is 0 Å². The average Bonchev–Trinajstić information content (AvgIpc) is 3.13. The molecule has 5 nitrogen and oxygen atoms in total. The number of carbonyl (C=O) groups is 1. The van der Waals surface area contributed by atoms with Gasteiger partial charge in [-0.2, -0.15) is 5.26 Å². The molecule has 2 fully saturated rings. The first-order chi connectivity index (χ1) is 12.7. The summed E-state index contributed by atoms with van der Waals surface area (Å²) in [4.78, 5) is 17.1. The molecule has 2 atom stereocenters. The summed E-state index contributed by atoms with van der Waals surface area (Å²) in [6.07, 6.45) is 0.0514. The molecular weight excluding hydrogens is 326 g/mol. The van der Waals surface area contributed by atoms with Crippen LogP contribution in [0.25, 0.3) is 0 Å². The van der Waals surface area contributed by atoms with Crippen LogP contribution in [0, 0.1) is 11.3 Å². The predicted octanol–water partition coefficient (Wildman–Crippen LogP) is 2.28. The van der Waals surface area contributed by atoms with Crippen molar-refractivity contribution in [2.24, 2.45) is 0 Å². The number of amides is 1. The van der Waals surface area contributed by atoms with Crippen LogP contribution < -0.4 is 0 Å². The van der Waals surface area contributed by atoms with Gasteiger partial charge in [-0.15, -0.1) is 0 Å². The summed E-state index contributed by atoms with van der Waals surface area (Å²) >= 11 is 0. The highest BCUT2D eigenvalue weighted by Crippen LogP contribution is 2.26. The van der Waals surface area contributed by atoms with Crippen molar-refractivity contribution < 1.29 is 9.53 Å². The number of hydrogen-bond acceptors (Lipinski definition) is 4. The van der Waals surface area contributed by atoms with Crippen molar-refractivity contribution in [3.8, 4) is 6.07 Å². The summed E-state index contributed by atoms with van der Waals surface area (Å²) in [6, 6.07) is 19.6. The number of morpholine rings is 1. The van der Waals surface area contributed by atoms with Crippen molar-refractivity contribution in [1.29, 1.82) is 5.26 Å². The highest BCUT2D eigenvalue weighted by Gasteiger charge is 2.41. The molecular formula is C21H21N3O2. The first-order valence-corrected chi connectivity index (χ1v) is 8.93. The van der Waals surface area contributed by atoms with E-state index in [0.29, 0.717) is 30.8 Å². The number of ether oxygens (including phenoxy) is 1. The molecule has 2 heterocycles. The fourth-order valence-corrected chi connectivity index (χ4v) is 3.84. The summed E-state index contributed by atoms with van der Waals surface area (Å²) in [7, 11) is 0. The third-order valence-electron chi connectivity index (χ3n) is 5.17. The molecule has 0 saturated carbocycles. The predicted molar refractivity (Wildman–Crippen MR) is 97.4 cm³/mol. The monoisotopic (exact) mass is 347 g/mol. The number of nitriles is 1. The van der Waals surface area contributed by atoms with Crippen molar-refractivity contribution in [1.82, 2.24) is 9.80 Å². The Bertz CT molecular complexity index is 831. The van der Waals surface area contributed by atoms with E-state index in [1.54, 1.807) is 24.3 Å². The van der Waals surface area contributed by atoms with Crippen LogP contribution in [0.1, 0.15) is 21.5 Å². The van der Waals surface area contributed by atoms with Crippen LogP contribution in [0.15, 0.2) is 54.6 Å². The molecule has 0 aliphatic carbocycles. The third-order valence-corrected chi connectivity index (χ3v) is 5.17. The minimum atomic E-state index is -0.0280. The molecule has 26 heavy (non-hydrogen) atoms. The van der Waals surface area contributed by atoms with Crippen molar-refractivity contribution >= 4 is 5.91 Å². The molecule has 2 aliphatic rings. The van der Waals surface area contributed by atoms with E-state index < -0.39 is 0 Å². The number of nitrogens with zero attached hydrogens (tertiary/aromatic N) is 3. The molecule has 1 amide bonds. The van der Waals surface area contributed by atoms with Crippen LogP contribution in [0.3, 0.4) is 0 Å². The Hall–Kier alpha value is -2.68. The van der Waals surface area contributed by atoms with E-state index in [1.165, 1.54) is 5.56 Å². The summed E-state index contributed by atoms with van der Waals surface area (Å²) in [5.74, 6) is -0.0280. The number of rotatable bonds is 3. The fraction of sp³-hybridized carbons (Fsp3) is 0.333. The van der Waals surface area contributed by atoms with E-state index >= 15 is 0 Å². The first kappa shape index (κ1) is 16.8. The minimum absolute atomic E-state index is 0.0280. The smallest absolute Gasteiger partial charge is 0.254 e. The van der Waals surface area contributed by atoms with Crippen molar-refractivity contribution in [2.45, 2.75) is 18.7 Å². The van der Waals surface area contributed by atoms with Gasteiger partial charge in [0.25, 0.3) is 5.91 Å². The second kappa shape index (κ2) is 7.28. The molecule has 4 rings (SSSR count). The maximum atomic E-state index is 12.9. The standard InChI is InChI=1S/C21H21N3O2/c22-12-17-7-4-8-18(11-17)21(25)24-14-19-20(15-24)26-10-9-23(19)13-16-5-2-1-3-6-16/h1-8,11,19-20H,9-10,13-15H2/t19-,20+/m1/s1. The Labute approximate surface area is 153 Å². The zero-order valence-electron chi connectivity index (χ0n) is 14.5. The largest absolute Gasteiger partial charge is 0.373 e. The Morgan fingerprint density at radius 3 is 2.81 bits per heavy atom. The molecule has 0 aromatic heterocycles. The van der Waals surface area contributed by atoms with Crippen LogP contribution >= 0.6 is 0 Å². The topological polar surface area (TPSA) is 56.6 Å². The number of carbonyl (C=O) groups excluding carboxylic acids is 1. The molecule has 2 aromatic carbocycles. The SMILES string of the molecule is N#Cc1cccc(C(=O)N2C[C@@H]3OCCN(Cc4ccccc4)[C@@H]3C2)c1. The molecule has 2 saturated heterocycles. The van der Waals surface area contributed by atoms with Crippen LogP contribution in [0.5, 0.6) is 0 Å². The lowest BCUT2D eigenvalue weighted by Gasteiger charge is -2.36. The fourth-order valence-electron chi connectivity index (χ4n) is 3.84. The second-order valence-electron chi connectivity index (χ2n) is 6.84. The van der Waals surface area contributed by atoms with Crippen LogP contribution in [-0.2, 0) is 11.3 Å². The summed E-state index contributed by atoms with van der Waals surface area (Å²) in [5.41, 5.74) is 2.35. The van der Waals surface area contributed by atoms with Crippen molar-refractivity contribution in [2.75, 3.05) is 26.2 Å². The Morgan fingerprint density at radius 2 is 2.00 bits per heavy atom. The van der Waals surface area contributed by atoms with Gasteiger partial charge >= 0.3 is 0 Å². The van der Waals surface area contributed by atoms with Gasteiger partial charge in [-0.25, -0.2) is 0 Å². The number of hydrogen-bond donors (Lipinski definition) is 0. The highest BCUT2D eigenvalue weighted by atomic mass is 16.5. The second-order valence-corrected chi connectivity index (χ2v) is 6.84. The highest BCUT2D eigenvalue weighted by molar-refractivity contribution is 5.94. The van der Waals surface area contributed by atoms with Gasteiger partial charge < -0.3 is 9.64 Å². The molecule has 0 bridgehead atoms. The van der Waals surface area contributed by atoms with E-state index in [-0.39, 0.29) is 18.1 Å². The van der Waals surface area contributed by atoms with E-state index in [1.807, 2.05) is 11.0 Å². The van der Waals surface area contributed by atoms with Crippen LogP contribution in [0.4, 0.5) is 0 Å². The Balaban J connectivity index is 1.48.